The number of aliphatic hydroxyl groups is 1. The van der Waals surface area contributed by atoms with Crippen LogP contribution in [0.5, 0.6) is 0 Å². The Morgan fingerprint density at radius 2 is 1.80 bits per heavy atom. The lowest BCUT2D eigenvalue weighted by Gasteiger charge is -2.36. The van der Waals surface area contributed by atoms with Gasteiger partial charge in [0.1, 0.15) is 0 Å². The molecular formula is C14H24N2O4. The van der Waals surface area contributed by atoms with E-state index < -0.39 is 11.5 Å². The normalized spacial score (nSPS) is 22.8. The Bertz CT molecular complexity index is 358. The third-order valence-electron chi connectivity index (χ3n) is 4.58. The molecule has 1 heterocycles. The zero-order chi connectivity index (χ0) is 14.6. The van der Waals surface area contributed by atoms with Crippen LogP contribution >= 0.6 is 0 Å². The molecule has 2 aliphatic rings. The van der Waals surface area contributed by atoms with E-state index >= 15 is 0 Å². The summed E-state index contributed by atoms with van der Waals surface area (Å²) in [5.41, 5.74) is -0.559. The fraction of sp³-hybridized carbons (Fsp3) is 0.857. The molecule has 6 nitrogen and oxygen atoms in total. The van der Waals surface area contributed by atoms with Crippen molar-refractivity contribution in [2.45, 2.75) is 50.5 Å². The zero-order valence-electron chi connectivity index (χ0n) is 11.8. The van der Waals surface area contributed by atoms with Gasteiger partial charge in [0, 0.05) is 19.7 Å². The van der Waals surface area contributed by atoms with Crippen molar-refractivity contribution >= 4 is 12.0 Å². The Balaban J connectivity index is 1.90. The molecule has 0 unspecified atom stereocenters. The number of nitrogens with one attached hydrogen (secondary N) is 1. The number of carbonyl (C=O) groups excluding carboxylic acids is 1. The van der Waals surface area contributed by atoms with Gasteiger partial charge in [0.25, 0.3) is 0 Å². The number of carboxylic acids is 1. The van der Waals surface area contributed by atoms with E-state index in [1.54, 1.807) is 4.90 Å². The third-order valence-corrected chi connectivity index (χ3v) is 4.58. The maximum absolute atomic E-state index is 12.3. The lowest BCUT2D eigenvalue weighted by Crippen LogP contribution is -2.54. The van der Waals surface area contributed by atoms with E-state index in [2.05, 4.69) is 5.32 Å². The predicted octanol–water partition coefficient (Wildman–Crippen LogP) is 1.19. The molecule has 20 heavy (non-hydrogen) atoms. The summed E-state index contributed by atoms with van der Waals surface area (Å²) in [5, 5.41) is 21.1. The van der Waals surface area contributed by atoms with E-state index in [1.807, 2.05) is 0 Å². The maximum Gasteiger partial charge on any atom is 0.317 e. The van der Waals surface area contributed by atoms with Gasteiger partial charge in [0.2, 0.25) is 0 Å². The van der Waals surface area contributed by atoms with Gasteiger partial charge in [-0.15, -0.1) is 0 Å². The van der Waals surface area contributed by atoms with E-state index in [9.17, 15) is 9.59 Å². The van der Waals surface area contributed by atoms with Crippen molar-refractivity contribution in [2.24, 2.45) is 5.92 Å². The molecule has 3 N–H and O–H groups in total. The molecular weight excluding hydrogens is 260 g/mol. The summed E-state index contributed by atoms with van der Waals surface area (Å²) in [5.74, 6) is -0.565. The Kier molecular flexibility index (Phi) is 4.86. The third kappa shape index (κ3) is 3.62. The highest BCUT2D eigenvalue weighted by atomic mass is 16.4. The molecule has 2 fully saturated rings. The molecule has 2 rings (SSSR count). The summed E-state index contributed by atoms with van der Waals surface area (Å²) in [6.07, 6.45) is 5.08. The number of amides is 2. The number of piperidine rings is 1. The quantitative estimate of drug-likeness (QED) is 0.723. The molecule has 1 aliphatic carbocycles. The van der Waals surface area contributed by atoms with Crippen LogP contribution in [0.4, 0.5) is 4.79 Å². The Morgan fingerprint density at radius 1 is 1.20 bits per heavy atom. The van der Waals surface area contributed by atoms with Gasteiger partial charge in [0.15, 0.2) is 0 Å². The van der Waals surface area contributed by atoms with E-state index in [0.29, 0.717) is 19.0 Å². The van der Waals surface area contributed by atoms with Gasteiger partial charge in [-0.05, 0) is 31.6 Å². The summed E-state index contributed by atoms with van der Waals surface area (Å²) in [7, 11) is 0. The van der Waals surface area contributed by atoms with E-state index in [0.717, 1.165) is 38.5 Å². The number of aliphatic carboxylic acids is 1. The largest absolute Gasteiger partial charge is 0.481 e. The number of rotatable bonds is 4. The molecule has 0 radical (unpaired) electrons. The average Bonchev–Trinajstić information content (AvgIpc) is 2.86. The van der Waals surface area contributed by atoms with Crippen LogP contribution in [0.1, 0.15) is 44.9 Å². The first-order valence-corrected chi connectivity index (χ1v) is 7.44. The van der Waals surface area contributed by atoms with Crippen molar-refractivity contribution in [3.63, 3.8) is 0 Å². The number of hydrogen-bond acceptors (Lipinski definition) is 3. The first kappa shape index (κ1) is 15.1. The molecule has 0 aromatic heterocycles. The van der Waals surface area contributed by atoms with Crippen LogP contribution in [-0.4, -0.2) is 52.3 Å². The van der Waals surface area contributed by atoms with Crippen LogP contribution in [0, 0.1) is 5.92 Å². The number of carboxylic acid groups (broad SMARTS) is 1. The van der Waals surface area contributed by atoms with Crippen LogP contribution < -0.4 is 5.32 Å². The molecule has 114 valence electrons. The highest BCUT2D eigenvalue weighted by molar-refractivity contribution is 5.77. The van der Waals surface area contributed by atoms with Gasteiger partial charge < -0.3 is 20.4 Å². The Hall–Kier alpha value is -1.30. The highest BCUT2D eigenvalue weighted by Crippen LogP contribution is 2.33. The van der Waals surface area contributed by atoms with E-state index in [4.69, 9.17) is 10.2 Å². The minimum atomic E-state index is -0.855. The van der Waals surface area contributed by atoms with Gasteiger partial charge in [0.05, 0.1) is 12.0 Å². The summed E-state index contributed by atoms with van der Waals surface area (Å²) in [6, 6.07) is -0.149. The number of likely N-dealkylation sites (tertiary alicyclic amines) is 1. The second kappa shape index (κ2) is 6.43. The molecule has 1 saturated heterocycles. The molecule has 0 aromatic rings. The van der Waals surface area contributed by atoms with Crippen molar-refractivity contribution < 1.29 is 19.8 Å². The summed E-state index contributed by atoms with van der Waals surface area (Å²) >= 11 is 0. The SMILES string of the molecule is O=C(O)CC1(NC(=O)N2CCC(CO)CC2)CCCC1. The van der Waals surface area contributed by atoms with Crippen molar-refractivity contribution in [1.82, 2.24) is 10.2 Å². The van der Waals surface area contributed by atoms with Gasteiger partial charge in [-0.2, -0.15) is 0 Å². The lowest BCUT2D eigenvalue weighted by atomic mass is 9.93. The van der Waals surface area contributed by atoms with Crippen LogP contribution in [0.2, 0.25) is 0 Å². The first-order valence-electron chi connectivity index (χ1n) is 7.44. The molecule has 0 spiro atoms. The zero-order valence-corrected chi connectivity index (χ0v) is 11.8. The van der Waals surface area contributed by atoms with Crippen LogP contribution in [0.3, 0.4) is 0 Å². The number of urea groups is 1. The highest BCUT2D eigenvalue weighted by Gasteiger charge is 2.38. The van der Waals surface area contributed by atoms with Crippen molar-refractivity contribution in [3.05, 3.63) is 0 Å². The molecule has 2 amide bonds. The molecule has 0 bridgehead atoms. The Morgan fingerprint density at radius 3 is 2.30 bits per heavy atom. The lowest BCUT2D eigenvalue weighted by molar-refractivity contribution is -0.138. The summed E-state index contributed by atoms with van der Waals surface area (Å²) in [4.78, 5) is 25.0. The minimum Gasteiger partial charge on any atom is -0.481 e. The smallest absolute Gasteiger partial charge is 0.317 e. The molecule has 0 atom stereocenters. The average molecular weight is 284 g/mol. The number of carbonyl (C=O) groups is 2. The van der Waals surface area contributed by atoms with Crippen LogP contribution in [0.25, 0.3) is 0 Å². The van der Waals surface area contributed by atoms with E-state index in [-0.39, 0.29) is 19.1 Å². The monoisotopic (exact) mass is 284 g/mol. The standard InChI is InChI=1S/C14H24N2O4/c17-10-11-3-7-16(8-4-11)13(20)15-14(9-12(18)19)5-1-2-6-14/h11,17H,1-10H2,(H,15,20)(H,18,19). The second-order valence-corrected chi connectivity index (χ2v) is 6.10. The van der Waals surface area contributed by atoms with Crippen molar-refractivity contribution in [2.75, 3.05) is 19.7 Å². The number of aliphatic hydroxyl groups excluding tert-OH is 1. The van der Waals surface area contributed by atoms with Crippen molar-refractivity contribution in [3.8, 4) is 0 Å². The fourth-order valence-corrected chi connectivity index (χ4v) is 3.31. The van der Waals surface area contributed by atoms with Crippen LogP contribution in [0.15, 0.2) is 0 Å². The molecule has 1 saturated carbocycles. The van der Waals surface area contributed by atoms with Gasteiger partial charge in [-0.25, -0.2) is 4.79 Å². The van der Waals surface area contributed by atoms with Gasteiger partial charge >= 0.3 is 12.0 Å². The fourth-order valence-electron chi connectivity index (χ4n) is 3.31. The van der Waals surface area contributed by atoms with Crippen molar-refractivity contribution in [1.29, 1.82) is 0 Å². The van der Waals surface area contributed by atoms with E-state index in [1.165, 1.54) is 0 Å². The van der Waals surface area contributed by atoms with Gasteiger partial charge in [-0.1, -0.05) is 12.8 Å². The first-order chi connectivity index (χ1) is 9.54. The molecule has 6 heteroatoms. The topological polar surface area (TPSA) is 89.9 Å². The molecule has 0 aromatic carbocycles. The van der Waals surface area contributed by atoms with Gasteiger partial charge in [-0.3, -0.25) is 4.79 Å². The predicted molar refractivity (Wildman–Crippen MR) is 73.4 cm³/mol. The Labute approximate surface area is 119 Å². The number of hydrogen-bond donors (Lipinski definition) is 3. The molecule has 1 aliphatic heterocycles. The van der Waals surface area contributed by atoms with Crippen LogP contribution in [-0.2, 0) is 4.79 Å². The second-order valence-electron chi connectivity index (χ2n) is 6.10. The summed E-state index contributed by atoms with van der Waals surface area (Å²) in [6.45, 7) is 1.46. The summed E-state index contributed by atoms with van der Waals surface area (Å²) < 4.78 is 0. The number of nitrogens with zero attached hydrogens (tertiary/aromatic N) is 1. The maximum atomic E-state index is 12.3. The minimum absolute atomic E-state index is 0.00580.